The highest BCUT2D eigenvalue weighted by atomic mass is 16.6. The highest BCUT2D eigenvalue weighted by Gasteiger charge is 2.04. The van der Waals surface area contributed by atoms with Gasteiger partial charge in [0.2, 0.25) is 5.91 Å². The van der Waals surface area contributed by atoms with Gasteiger partial charge in [-0.1, -0.05) is 6.58 Å². The smallest absolute Gasteiger partial charge is 0.330 e. The fourth-order valence-corrected chi connectivity index (χ4v) is 2.39. The first kappa shape index (κ1) is 34.9. The molecule has 13 nitrogen and oxygen atoms in total. The van der Waals surface area contributed by atoms with Crippen LogP contribution in [0.2, 0.25) is 0 Å². The normalized spacial score (nSPS) is 10.8. The zero-order chi connectivity index (χ0) is 27.2. The summed E-state index contributed by atoms with van der Waals surface area (Å²) >= 11 is 0. The van der Waals surface area contributed by atoms with Crippen LogP contribution in [0.1, 0.15) is 19.3 Å². The Bertz CT molecular complexity index is 576. The molecule has 0 aliphatic rings. The van der Waals surface area contributed by atoms with E-state index < -0.39 is 11.9 Å². The number of carboxylic acids is 1. The van der Waals surface area contributed by atoms with E-state index in [1.165, 1.54) is 0 Å². The lowest BCUT2D eigenvalue weighted by molar-refractivity contribution is -0.139. The number of nitrogens with one attached hydrogen (secondary N) is 1. The molecule has 0 rings (SSSR count). The molecule has 1 amide bonds. The Labute approximate surface area is 218 Å². The molecule has 0 aliphatic heterocycles. The number of aliphatic carboxylic acids is 1. The fourth-order valence-electron chi connectivity index (χ4n) is 2.39. The average molecular weight is 538 g/mol. The summed E-state index contributed by atoms with van der Waals surface area (Å²) in [6, 6.07) is 0. The molecule has 2 N–H and O–H groups in total. The summed E-state index contributed by atoms with van der Waals surface area (Å²) < 4.78 is 42.3. The number of hydrogen-bond donors (Lipinski definition) is 2. The van der Waals surface area contributed by atoms with Gasteiger partial charge in [-0.15, -0.1) is 0 Å². The first-order chi connectivity index (χ1) is 18.1. The molecular formula is C24H43NO12. The van der Waals surface area contributed by atoms with Crippen LogP contribution in [0, 0.1) is 0 Å². The number of carbonyl (C=O) groups is 3. The van der Waals surface area contributed by atoms with Crippen LogP contribution in [0.4, 0.5) is 0 Å². The largest absolute Gasteiger partial charge is 0.481 e. The van der Waals surface area contributed by atoms with Gasteiger partial charge >= 0.3 is 11.9 Å². The van der Waals surface area contributed by atoms with E-state index in [0.29, 0.717) is 105 Å². The molecule has 37 heavy (non-hydrogen) atoms. The second-order valence-electron chi connectivity index (χ2n) is 7.26. The minimum atomic E-state index is -0.985. The molecule has 0 bridgehead atoms. The van der Waals surface area contributed by atoms with Crippen LogP contribution in [0.5, 0.6) is 0 Å². The standard InChI is InChI=1S/C24H43NO12/c1-2-24(29)37-21-20-36-19-18-35-17-16-34-15-14-33-13-12-32-11-10-31-9-8-30-7-3-6-25-22(26)4-5-23(27)28/h2H,1,3-21H2,(H,25,26)(H,27,28). The monoisotopic (exact) mass is 537 g/mol. The maximum atomic E-state index is 11.3. The van der Waals surface area contributed by atoms with Crippen molar-refractivity contribution in [2.24, 2.45) is 0 Å². The van der Waals surface area contributed by atoms with Crippen LogP contribution in [0.15, 0.2) is 12.7 Å². The van der Waals surface area contributed by atoms with Gasteiger partial charge in [-0.25, -0.2) is 4.79 Å². The summed E-state index contributed by atoms with van der Waals surface area (Å²) in [6.45, 7) is 10.2. The zero-order valence-corrected chi connectivity index (χ0v) is 21.7. The van der Waals surface area contributed by atoms with Crippen LogP contribution in [-0.2, 0) is 52.3 Å². The van der Waals surface area contributed by atoms with Crippen LogP contribution in [0.25, 0.3) is 0 Å². The van der Waals surface area contributed by atoms with E-state index in [0.717, 1.165) is 6.08 Å². The number of rotatable bonds is 29. The van der Waals surface area contributed by atoms with Gasteiger partial charge in [-0.2, -0.15) is 0 Å². The van der Waals surface area contributed by atoms with E-state index >= 15 is 0 Å². The third-order valence-electron chi connectivity index (χ3n) is 4.22. The molecule has 0 fully saturated rings. The van der Waals surface area contributed by atoms with E-state index in [-0.39, 0.29) is 25.4 Å². The van der Waals surface area contributed by atoms with Gasteiger partial charge in [0.15, 0.2) is 0 Å². The number of carboxylic acid groups (broad SMARTS) is 1. The fraction of sp³-hybridized carbons (Fsp3) is 0.792. The van der Waals surface area contributed by atoms with Crippen molar-refractivity contribution in [3.63, 3.8) is 0 Å². The summed E-state index contributed by atoms with van der Waals surface area (Å²) in [5, 5.41) is 11.1. The van der Waals surface area contributed by atoms with E-state index in [9.17, 15) is 14.4 Å². The van der Waals surface area contributed by atoms with Crippen molar-refractivity contribution in [3.8, 4) is 0 Å². The second kappa shape index (κ2) is 28.4. The zero-order valence-electron chi connectivity index (χ0n) is 21.7. The Morgan fingerprint density at radius 2 is 0.973 bits per heavy atom. The SMILES string of the molecule is C=CC(=O)OCCOCCOCCOCCOCCOCCOCCOCCCNC(=O)CCC(=O)O. The first-order valence-electron chi connectivity index (χ1n) is 12.4. The molecule has 0 saturated carbocycles. The van der Waals surface area contributed by atoms with E-state index in [1.807, 2.05) is 0 Å². The molecule has 0 aliphatic carbocycles. The summed E-state index contributed by atoms with van der Waals surface area (Å²) in [4.78, 5) is 32.5. The van der Waals surface area contributed by atoms with Gasteiger partial charge in [-0.05, 0) is 6.42 Å². The predicted octanol–water partition coefficient (Wildman–Crippen LogP) is 0.203. The van der Waals surface area contributed by atoms with Crippen molar-refractivity contribution in [2.45, 2.75) is 19.3 Å². The molecule has 0 spiro atoms. The quantitative estimate of drug-likeness (QED) is 0.0760. The molecule has 0 saturated heterocycles. The Hall–Kier alpha value is -2.13. The molecule has 0 unspecified atom stereocenters. The van der Waals surface area contributed by atoms with Gasteiger partial charge in [0, 0.05) is 25.6 Å². The number of ether oxygens (including phenoxy) is 8. The van der Waals surface area contributed by atoms with Crippen LogP contribution in [-0.4, -0.2) is 129 Å². The average Bonchev–Trinajstić information content (AvgIpc) is 2.89. The second-order valence-corrected chi connectivity index (χ2v) is 7.26. The van der Waals surface area contributed by atoms with Crippen molar-refractivity contribution in [2.75, 3.05) is 106 Å². The molecule has 0 radical (unpaired) electrons. The van der Waals surface area contributed by atoms with Crippen molar-refractivity contribution in [1.29, 1.82) is 0 Å². The molecule has 0 aromatic rings. The molecular weight excluding hydrogens is 494 g/mol. The Morgan fingerprint density at radius 1 is 0.595 bits per heavy atom. The Balaban J connectivity index is 3.11. The van der Waals surface area contributed by atoms with Crippen LogP contribution in [0.3, 0.4) is 0 Å². The van der Waals surface area contributed by atoms with Crippen molar-refractivity contribution < 1.29 is 57.4 Å². The molecule has 216 valence electrons. The van der Waals surface area contributed by atoms with Crippen molar-refractivity contribution in [3.05, 3.63) is 12.7 Å². The third-order valence-corrected chi connectivity index (χ3v) is 4.22. The van der Waals surface area contributed by atoms with Gasteiger partial charge in [-0.3, -0.25) is 9.59 Å². The predicted molar refractivity (Wildman–Crippen MR) is 131 cm³/mol. The van der Waals surface area contributed by atoms with E-state index in [1.54, 1.807) is 0 Å². The van der Waals surface area contributed by atoms with Crippen LogP contribution >= 0.6 is 0 Å². The Kier molecular flexibility index (Phi) is 26.8. The lowest BCUT2D eigenvalue weighted by atomic mass is 10.3. The molecule has 0 heterocycles. The first-order valence-corrected chi connectivity index (χ1v) is 12.4. The maximum absolute atomic E-state index is 11.3. The number of esters is 1. The van der Waals surface area contributed by atoms with Crippen molar-refractivity contribution in [1.82, 2.24) is 5.32 Å². The topological polar surface area (TPSA) is 157 Å². The van der Waals surface area contributed by atoms with E-state index in [2.05, 4.69) is 11.9 Å². The highest BCUT2D eigenvalue weighted by molar-refractivity contribution is 5.81. The van der Waals surface area contributed by atoms with Crippen LogP contribution < -0.4 is 5.32 Å². The molecule has 13 heteroatoms. The lowest BCUT2D eigenvalue weighted by Gasteiger charge is -2.08. The minimum Gasteiger partial charge on any atom is -0.481 e. The summed E-state index contributed by atoms with van der Waals surface area (Å²) in [5.74, 6) is -1.72. The van der Waals surface area contributed by atoms with Gasteiger partial charge in [0.25, 0.3) is 0 Å². The number of carbonyl (C=O) groups excluding carboxylic acids is 2. The summed E-state index contributed by atoms with van der Waals surface area (Å²) in [7, 11) is 0. The van der Waals surface area contributed by atoms with Gasteiger partial charge in [0.1, 0.15) is 6.61 Å². The maximum Gasteiger partial charge on any atom is 0.330 e. The lowest BCUT2D eigenvalue weighted by Crippen LogP contribution is -2.25. The molecule has 0 aromatic carbocycles. The molecule has 0 atom stereocenters. The van der Waals surface area contributed by atoms with E-state index in [4.69, 9.17) is 43.0 Å². The minimum absolute atomic E-state index is 0.0117. The molecule has 0 aromatic heterocycles. The highest BCUT2D eigenvalue weighted by Crippen LogP contribution is 1.90. The van der Waals surface area contributed by atoms with Crippen molar-refractivity contribution >= 4 is 17.8 Å². The third kappa shape index (κ3) is 30.0. The van der Waals surface area contributed by atoms with Gasteiger partial charge in [0.05, 0.1) is 92.3 Å². The van der Waals surface area contributed by atoms with Gasteiger partial charge < -0.3 is 48.3 Å². The number of amides is 1. The summed E-state index contributed by atoms with van der Waals surface area (Å²) in [5.41, 5.74) is 0. The summed E-state index contributed by atoms with van der Waals surface area (Å²) in [6.07, 6.45) is 1.58. The number of hydrogen-bond acceptors (Lipinski definition) is 11. The Morgan fingerprint density at radius 3 is 1.35 bits per heavy atom.